The highest BCUT2D eigenvalue weighted by molar-refractivity contribution is 5.64. The van der Waals surface area contributed by atoms with Crippen molar-refractivity contribution in [3.05, 3.63) is 29.6 Å². The SMILES string of the molecule is N#Cc1cc(F)ccc1NCCOC(N)=O. The molecule has 0 saturated heterocycles. The molecule has 0 atom stereocenters. The molecule has 0 radical (unpaired) electrons. The van der Waals surface area contributed by atoms with E-state index in [2.05, 4.69) is 10.1 Å². The van der Waals surface area contributed by atoms with E-state index < -0.39 is 11.9 Å². The Morgan fingerprint density at radius 3 is 3.00 bits per heavy atom. The van der Waals surface area contributed by atoms with E-state index >= 15 is 0 Å². The molecule has 0 aliphatic rings. The predicted molar refractivity (Wildman–Crippen MR) is 55.1 cm³/mol. The fourth-order valence-corrected chi connectivity index (χ4v) is 1.10. The highest BCUT2D eigenvalue weighted by Gasteiger charge is 2.03. The molecule has 0 aromatic heterocycles. The summed E-state index contributed by atoms with van der Waals surface area (Å²) in [4.78, 5) is 10.2. The van der Waals surface area contributed by atoms with Gasteiger partial charge >= 0.3 is 6.09 Å². The van der Waals surface area contributed by atoms with Crippen LogP contribution in [0.25, 0.3) is 0 Å². The zero-order valence-corrected chi connectivity index (χ0v) is 8.37. The van der Waals surface area contributed by atoms with Gasteiger partial charge in [0.15, 0.2) is 0 Å². The summed E-state index contributed by atoms with van der Waals surface area (Å²) in [6, 6.07) is 5.65. The zero-order valence-electron chi connectivity index (χ0n) is 8.37. The van der Waals surface area contributed by atoms with E-state index in [-0.39, 0.29) is 12.2 Å². The second-order valence-corrected chi connectivity index (χ2v) is 2.90. The summed E-state index contributed by atoms with van der Waals surface area (Å²) < 4.78 is 17.2. The summed E-state index contributed by atoms with van der Waals surface area (Å²) >= 11 is 0. The van der Waals surface area contributed by atoms with Crippen molar-refractivity contribution in [2.45, 2.75) is 0 Å². The topological polar surface area (TPSA) is 88.1 Å². The van der Waals surface area contributed by atoms with E-state index in [1.807, 2.05) is 6.07 Å². The molecule has 84 valence electrons. The van der Waals surface area contributed by atoms with Gasteiger partial charge in [-0.25, -0.2) is 9.18 Å². The lowest BCUT2D eigenvalue weighted by Crippen LogP contribution is -2.18. The monoisotopic (exact) mass is 223 g/mol. The first kappa shape index (κ1) is 11.8. The first-order chi connectivity index (χ1) is 7.63. The molecule has 1 amide bonds. The Balaban J connectivity index is 2.54. The molecule has 3 N–H and O–H groups in total. The van der Waals surface area contributed by atoms with Crippen molar-refractivity contribution in [1.29, 1.82) is 5.26 Å². The molecule has 0 unspecified atom stereocenters. The molecular formula is C10H10FN3O2. The van der Waals surface area contributed by atoms with E-state index in [9.17, 15) is 9.18 Å². The van der Waals surface area contributed by atoms with E-state index in [0.29, 0.717) is 12.2 Å². The molecule has 0 bridgehead atoms. The first-order valence-electron chi connectivity index (χ1n) is 4.49. The van der Waals surface area contributed by atoms with E-state index in [4.69, 9.17) is 11.0 Å². The van der Waals surface area contributed by atoms with E-state index in [1.54, 1.807) is 0 Å². The highest BCUT2D eigenvalue weighted by atomic mass is 19.1. The number of carbonyl (C=O) groups excluding carboxylic acids is 1. The van der Waals surface area contributed by atoms with Crippen LogP contribution in [0, 0.1) is 17.1 Å². The lowest BCUT2D eigenvalue weighted by Gasteiger charge is -2.07. The number of anilines is 1. The molecule has 0 spiro atoms. The second kappa shape index (κ2) is 5.56. The van der Waals surface area contributed by atoms with Gasteiger partial charge in [-0.15, -0.1) is 0 Å². The van der Waals surface area contributed by atoms with Crippen molar-refractivity contribution in [3.8, 4) is 6.07 Å². The van der Waals surface area contributed by atoms with Gasteiger partial charge < -0.3 is 15.8 Å². The number of nitriles is 1. The summed E-state index contributed by atoms with van der Waals surface area (Å²) in [5.74, 6) is -0.476. The molecule has 6 heteroatoms. The zero-order chi connectivity index (χ0) is 12.0. The minimum Gasteiger partial charge on any atom is -0.448 e. The maximum Gasteiger partial charge on any atom is 0.404 e. The number of ether oxygens (including phenoxy) is 1. The average Bonchev–Trinajstić information content (AvgIpc) is 2.25. The molecule has 1 aromatic rings. The maximum absolute atomic E-state index is 12.8. The van der Waals surface area contributed by atoms with Crippen LogP contribution in [0.3, 0.4) is 0 Å². The number of carbonyl (C=O) groups is 1. The summed E-state index contributed by atoms with van der Waals surface area (Å²) in [5, 5.41) is 11.6. The third-order valence-electron chi connectivity index (χ3n) is 1.76. The second-order valence-electron chi connectivity index (χ2n) is 2.90. The van der Waals surface area contributed by atoms with Crippen LogP contribution in [-0.4, -0.2) is 19.2 Å². The van der Waals surface area contributed by atoms with Crippen LogP contribution in [0.5, 0.6) is 0 Å². The Hall–Kier alpha value is -2.29. The van der Waals surface area contributed by atoms with Crippen LogP contribution in [-0.2, 0) is 4.74 Å². The minimum atomic E-state index is -0.860. The van der Waals surface area contributed by atoms with Gasteiger partial charge in [-0.3, -0.25) is 0 Å². The van der Waals surface area contributed by atoms with Gasteiger partial charge in [0, 0.05) is 6.54 Å². The summed E-state index contributed by atoms with van der Waals surface area (Å²) in [7, 11) is 0. The molecule has 1 rings (SSSR count). The summed E-state index contributed by atoms with van der Waals surface area (Å²) in [5.41, 5.74) is 5.43. The average molecular weight is 223 g/mol. The lowest BCUT2D eigenvalue weighted by atomic mass is 10.2. The van der Waals surface area contributed by atoms with Gasteiger partial charge in [-0.05, 0) is 18.2 Å². The van der Waals surface area contributed by atoms with Crippen LogP contribution in [0.1, 0.15) is 5.56 Å². The van der Waals surface area contributed by atoms with Gasteiger partial charge in [-0.2, -0.15) is 5.26 Å². The van der Waals surface area contributed by atoms with Crippen LogP contribution >= 0.6 is 0 Å². The van der Waals surface area contributed by atoms with Crippen molar-refractivity contribution in [2.75, 3.05) is 18.5 Å². The fourth-order valence-electron chi connectivity index (χ4n) is 1.10. The number of rotatable bonds is 4. The van der Waals surface area contributed by atoms with Gasteiger partial charge in [-0.1, -0.05) is 0 Å². The van der Waals surface area contributed by atoms with Gasteiger partial charge in [0.25, 0.3) is 0 Å². The molecule has 0 aliphatic carbocycles. The van der Waals surface area contributed by atoms with Crippen LogP contribution < -0.4 is 11.1 Å². The van der Waals surface area contributed by atoms with Crippen molar-refractivity contribution >= 4 is 11.8 Å². The normalized spacial score (nSPS) is 9.25. The van der Waals surface area contributed by atoms with E-state index in [0.717, 1.165) is 6.07 Å². The number of hydrogen-bond donors (Lipinski definition) is 2. The molecule has 0 saturated carbocycles. The first-order valence-corrected chi connectivity index (χ1v) is 4.49. The Morgan fingerprint density at radius 2 is 2.38 bits per heavy atom. The fraction of sp³-hybridized carbons (Fsp3) is 0.200. The quantitative estimate of drug-likeness (QED) is 0.751. The molecule has 0 heterocycles. The smallest absolute Gasteiger partial charge is 0.404 e. The maximum atomic E-state index is 12.8. The van der Waals surface area contributed by atoms with Gasteiger partial charge in [0.05, 0.1) is 11.3 Å². The summed E-state index contributed by atoms with van der Waals surface area (Å²) in [6.07, 6.45) is -0.860. The van der Waals surface area contributed by atoms with Crippen LogP contribution in [0.4, 0.5) is 14.9 Å². The Bertz CT molecular complexity index is 429. The Labute approximate surface area is 91.6 Å². The van der Waals surface area contributed by atoms with Gasteiger partial charge in [0.1, 0.15) is 18.5 Å². The van der Waals surface area contributed by atoms with Crippen molar-refractivity contribution in [2.24, 2.45) is 5.73 Å². The largest absolute Gasteiger partial charge is 0.448 e. The highest BCUT2D eigenvalue weighted by Crippen LogP contribution is 2.15. The van der Waals surface area contributed by atoms with Crippen molar-refractivity contribution in [1.82, 2.24) is 0 Å². The number of nitrogens with zero attached hydrogens (tertiary/aromatic N) is 1. The third-order valence-corrected chi connectivity index (χ3v) is 1.76. The Morgan fingerprint density at radius 1 is 1.62 bits per heavy atom. The number of halogens is 1. The number of nitrogens with two attached hydrogens (primary N) is 1. The van der Waals surface area contributed by atoms with Crippen molar-refractivity contribution in [3.63, 3.8) is 0 Å². The van der Waals surface area contributed by atoms with Crippen molar-refractivity contribution < 1.29 is 13.9 Å². The Kier molecular flexibility index (Phi) is 4.09. The predicted octanol–water partition coefficient (Wildman–Crippen LogP) is 1.20. The molecular weight excluding hydrogens is 213 g/mol. The lowest BCUT2D eigenvalue weighted by molar-refractivity contribution is 0.161. The number of amides is 1. The summed E-state index contributed by atoms with van der Waals surface area (Å²) in [6.45, 7) is 0.376. The number of primary amides is 1. The molecule has 0 fully saturated rings. The number of nitrogens with one attached hydrogen (secondary N) is 1. The molecule has 16 heavy (non-hydrogen) atoms. The van der Waals surface area contributed by atoms with Crippen LogP contribution in [0.15, 0.2) is 18.2 Å². The van der Waals surface area contributed by atoms with E-state index in [1.165, 1.54) is 12.1 Å². The van der Waals surface area contributed by atoms with Crippen LogP contribution in [0.2, 0.25) is 0 Å². The third kappa shape index (κ3) is 3.46. The molecule has 5 nitrogen and oxygen atoms in total. The van der Waals surface area contributed by atoms with Gasteiger partial charge in [0.2, 0.25) is 0 Å². The minimum absolute atomic E-state index is 0.0809. The molecule has 0 aliphatic heterocycles. The standard InChI is InChI=1S/C10H10FN3O2/c11-8-1-2-9(7(5-8)6-12)14-3-4-16-10(13)15/h1-2,5,14H,3-4H2,(H2,13,15). The number of hydrogen-bond acceptors (Lipinski definition) is 4. The molecule has 1 aromatic carbocycles. The number of benzene rings is 1.